The minimum atomic E-state index is 0. The third kappa shape index (κ3) is 5.85. The number of piperidine rings is 1. The minimum absolute atomic E-state index is 0. The fraction of sp³-hybridized carbons (Fsp3) is 0.500. The minimum Gasteiger partial charge on any atom is -0.354 e. The van der Waals surface area contributed by atoms with Crippen molar-refractivity contribution in [3.05, 3.63) is 30.3 Å². The van der Waals surface area contributed by atoms with Gasteiger partial charge in [0.1, 0.15) is 0 Å². The van der Waals surface area contributed by atoms with E-state index >= 15 is 0 Å². The van der Waals surface area contributed by atoms with Gasteiger partial charge < -0.3 is 10.6 Å². The molecule has 0 spiro atoms. The molecule has 1 aliphatic heterocycles. The summed E-state index contributed by atoms with van der Waals surface area (Å²) in [7, 11) is 0. The lowest BCUT2D eigenvalue weighted by Gasteiger charge is -2.22. The lowest BCUT2D eigenvalue weighted by molar-refractivity contribution is -0.123. The van der Waals surface area contributed by atoms with Crippen molar-refractivity contribution in [2.24, 2.45) is 0 Å². The van der Waals surface area contributed by atoms with Crippen molar-refractivity contribution in [3.8, 4) is 0 Å². The zero-order chi connectivity index (χ0) is 12.6. The van der Waals surface area contributed by atoms with Crippen LogP contribution in [0.15, 0.2) is 35.2 Å². The highest BCUT2D eigenvalue weighted by atomic mass is 35.5. The molecule has 0 unspecified atom stereocenters. The number of thioether (sulfide) groups is 1. The molecule has 1 aromatic carbocycles. The third-order valence-corrected chi connectivity index (χ3v) is 4.05. The second-order valence-corrected chi connectivity index (χ2v) is 5.62. The van der Waals surface area contributed by atoms with Gasteiger partial charge in [-0.2, -0.15) is 0 Å². The number of hydrogen-bond donors (Lipinski definition) is 2. The molecule has 0 aliphatic carbocycles. The van der Waals surface area contributed by atoms with E-state index in [-0.39, 0.29) is 24.4 Å². The van der Waals surface area contributed by atoms with Gasteiger partial charge in [0.25, 0.3) is 0 Å². The molecule has 2 N–H and O–H groups in total. The number of carbonyl (C=O) groups excluding carboxylic acids is 1. The predicted molar refractivity (Wildman–Crippen MR) is 83.1 cm³/mol. The van der Waals surface area contributed by atoms with E-state index in [9.17, 15) is 4.79 Å². The van der Waals surface area contributed by atoms with E-state index in [1.807, 2.05) is 18.2 Å². The molecule has 5 heteroatoms. The van der Waals surface area contributed by atoms with Crippen LogP contribution in [0.25, 0.3) is 0 Å². The first-order valence-corrected chi connectivity index (χ1v) is 7.54. The molecule has 19 heavy (non-hydrogen) atoms. The predicted octanol–water partition coefficient (Wildman–Crippen LogP) is 2.46. The van der Waals surface area contributed by atoms with Crippen molar-refractivity contribution in [2.45, 2.75) is 30.2 Å². The van der Waals surface area contributed by atoms with Gasteiger partial charge in [0, 0.05) is 17.2 Å². The summed E-state index contributed by atoms with van der Waals surface area (Å²) in [6.45, 7) is 1.70. The van der Waals surface area contributed by atoms with E-state index in [1.165, 1.54) is 11.3 Å². The number of hydrogen-bond acceptors (Lipinski definition) is 3. The van der Waals surface area contributed by atoms with Crippen molar-refractivity contribution in [2.75, 3.05) is 18.8 Å². The second kappa shape index (κ2) is 9.23. The monoisotopic (exact) mass is 300 g/mol. The van der Waals surface area contributed by atoms with Crippen molar-refractivity contribution >= 4 is 30.1 Å². The lowest BCUT2D eigenvalue weighted by Crippen LogP contribution is -2.47. The molecule has 1 heterocycles. The van der Waals surface area contributed by atoms with Gasteiger partial charge in [0.15, 0.2) is 0 Å². The zero-order valence-corrected chi connectivity index (χ0v) is 12.6. The van der Waals surface area contributed by atoms with Crippen molar-refractivity contribution < 1.29 is 4.79 Å². The number of nitrogens with one attached hydrogen (secondary N) is 2. The summed E-state index contributed by atoms with van der Waals surface area (Å²) in [4.78, 5) is 13.1. The Balaban J connectivity index is 0.00000180. The Morgan fingerprint density at radius 3 is 2.79 bits per heavy atom. The molecular weight excluding hydrogens is 280 g/mol. The molecule has 0 bridgehead atoms. The van der Waals surface area contributed by atoms with Crippen molar-refractivity contribution in [1.29, 1.82) is 0 Å². The highest BCUT2D eigenvalue weighted by Crippen LogP contribution is 2.15. The van der Waals surface area contributed by atoms with Crippen LogP contribution >= 0.6 is 24.2 Å². The number of benzene rings is 1. The second-order valence-electron chi connectivity index (χ2n) is 4.46. The van der Waals surface area contributed by atoms with Gasteiger partial charge in [-0.1, -0.05) is 24.6 Å². The first kappa shape index (κ1) is 16.3. The summed E-state index contributed by atoms with van der Waals surface area (Å²) in [6.07, 6.45) is 3.31. The summed E-state index contributed by atoms with van der Waals surface area (Å²) >= 11 is 1.77. The fourth-order valence-corrected chi connectivity index (χ4v) is 2.85. The van der Waals surface area contributed by atoms with E-state index in [1.54, 1.807) is 11.8 Å². The number of halogens is 1. The van der Waals surface area contributed by atoms with Crippen LogP contribution in [0.1, 0.15) is 19.3 Å². The Labute approximate surface area is 125 Å². The molecule has 0 aromatic heterocycles. The quantitative estimate of drug-likeness (QED) is 0.648. The van der Waals surface area contributed by atoms with Crippen LogP contribution in [0, 0.1) is 0 Å². The van der Waals surface area contributed by atoms with E-state index in [2.05, 4.69) is 22.8 Å². The maximum absolute atomic E-state index is 11.8. The van der Waals surface area contributed by atoms with Gasteiger partial charge in [0.2, 0.25) is 5.91 Å². The Hall–Kier alpha value is -0.710. The highest BCUT2D eigenvalue weighted by Gasteiger charge is 2.19. The van der Waals surface area contributed by atoms with Crippen molar-refractivity contribution in [1.82, 2.24) is 10.6 Å². The van der Waals surface area contributed by atoms with E-state index in [4.69, 9.17) is 0 Å². The molecule has 0 radical (unpaired) electrons. The molecule has 1 amide bonds. The van der Waals surface area contributed by atoms with E-state index in [0.29, 0.717) is 0 Å². The molecule has 2 rings (SSSR count). The summed E-state index contributed by atoms with van der Waals surface area (Å²) in [5.41, 5.74) is 0. The summed E-state index contributed by atoms with van der Waals surface area (Å²) in [5.74, 6) is 1.08. The standard InChI is InChI=1S/C14H20N2OS.ClH/c17-14(13-8-4-5-9-15-13)16-10-11-18-12-6-2-1-3-7-12;/h1-3,6-7,13,15H,4-5,8-11H2,(H,16,17);1H/t13-;/m1./s1. The van der Waals surface area contributed by atoms with Crippen LogP contribution in [-0.2, 0) is 4.79 Å². The van der Waals surface area contributed by atoms with Gasteiger partial charge in [-0.05, 0) is 31.5 Å². The number of amides is 1. The molecular formula is C14H21ClN2OS. The maximum atomic E-state index is 11.8. The van der Waals surface area contributed by atoms with Crippen molar-refractivity contribution in [3.63, 3.8) is 0 Å². The SMILES string of the molecule is Cl.O=C(NCCSc1ccccc1)[C@H]1CCCCN1. The topological polar surface area (TPSA) is 41.1 Å². The van der Waals surface area contributed by atoms with Crippen LogP contribution < -0.4 is 10.6 Å². The molecule has 3 nitrogen and oxygen atoms in total. The Morgan fingerprint density at radius 1 is 1.32 bits per heavy atom. The van der Waals surface area contributed by atoms with Crippen LogP contribution in [0.2, 0.25) is 0 Å². The van der Waals surface area contributed by atoms with Crippen LogP contribution in [0.5, 0.6) is 0 Å². The average molecular weight is 301 g/mol. The molecule has 0 saturated carbocycles. The van der Waals surface area contributed by atoms with Gasteiger partial charge >= 0.3 is 0 Å². The fourth-order valence-electron chi connectivity index (χ4n) is 2.06. The largest absolute Gasteiger partial charge is 0.354 e. The molecule has 106 valence electrons. The van der Waals surface area contributed by atoms with Crippen LogP contribution in [0.3, 0.4) is 0 Å². The summed E-state index contributed by atoms with van der Waals surface area (Å²) < 4.78 is 0. The maximum Gasteiger partial charge on any atom is 0.237 e. The molecule has 1 fully saturated rings. The molecule has 1 saturated heterocycles. The third-order valence-electron chi connectivity index (χ3n) is 3.04. The first-order valence-electron chi connectivity index (χ1n) is 6.55. The normalized spacial score (nSPS) is 18.4. The van der Waals surface area contributed by atoms with Gasteiger partial charge in [-0.15, -0.1) is 24.2 Å². The number of carbonyl (C=O) groups is 1. The van der Waals surface area contributed by atoms with E-state index < -0.39 is 0 Å². The Bertz CT molecular complexity index is 369. The molecule has 1 atom stereocenters. The summed E-state index contributed by atoms with van der Waals surface area (Å²) in [5, 5.41) is 6.26. The van der Waals surface area contributed by atoms with Gasteiger partial charge in [-0.3, -0.25) is 4.79 Å². The zero-order valence-electron chi connectivity index (χ0n) is 10.9. The molecule has 1 aliphatic rings. The molecule has 1 aromatic rings. The van der Waals surface area contributed by atoms with E-state index in [0.717, 1.165) is 31.7 Å². The summed E-state index contributed by atoms with van der Waals surface area (Å²) in [6, 6.07) is 10.3. The van der Waals surface area contributed by atoms with Gasteiger partial charge in [0.05, 0.1) is 6.04 Å². The highest BCUT2D eigenvalue weighted by molar-refractivity contribution is 7.99. The number of rotatable bonds is 5. The Morgan fingerprint density at radius 2 is 2.11 bits per heavy atom. The lowest BCUT2D eigenvalue weighted by atomic mass is 10.0. The Kier molecular flexibility index (Phi) is 7.94. The van der Waals surface area contributed by atoms with Crippen LogP contribution in [0.4, 0.5) is 0 Å². The average Bonchev–Trinajstić information content (AvgIpc) is 2.45. The van der Waals surface area contributed by atoms with Crippen LogP contribution in [-0.4, -0.2) is 30.8 Å². The van der Waals surface area contributed by atoms with Gasteiger partial charge in [-0.25, -0.2) is 0 Å². The smallest absolute Gasteiger partial charge is 0.237 e. The first-order chi connectivity index (χ1) is 8.86.